The minimum Gasteiger partial charge on any atom is -0.352 e. The third-order valence-corrected chi connectivity index (χ3v) is 4.86. The Bertz CT molecular complexity index is 871. The molecular weight excluding hydrogens is 356 g/mol. The van der Waals surface area contributed by atoms with Crippen molar-refractivity contribution < 1.29 is 13.6 Å². The van der Waals surface area contributed by atoms with Crippen molar-refractivity contribution >= 4 is 17.7 Å². The van der Waals surface area contributed by atoms with Crippen LogP contribution in [0.2, 0.25) is 0 Å². The summed E-state index contributed by atoms with van der Waals surface area (Å²) in [6.07, 6.45) is 4.19. The normalized spacial score (nSPS) is 13.3. The predicted molar refractivity (Wildman–Crippen MR) is 95.1 cm³/mol. The van der Waals surface area contributed by atoms with Crippen molar-refractivity contribution in [1.82, 2.24) is 10.3 Å². The van der Waals surface area contributed by atoms with Crippen molar-refractivity contribution in [2.24, 2.45) is 0 Å². The number of pyridine rings is 1. The molecule has 134 valence electrons. The molecule has 0 unspecified atom stereocenters. The molecule has 1 aromatic carbocycles. The molecule has 0 spiro atoms. The van der Waals surface area contributed by atoms with E-state index in [1.807, 2.05) is 6.26 Å². The first-order chi connectivity index (χ1) is 12.5. The topological polar surface area (TPSA) is 65.8 Å². The third kappa shape index (κ3) is 4.20. The van der Waals surface area contributed by atoms with E-state index in [1.54, 1.807) is 6.07 Å². The number of carbonyl (C=O) groups is 1. The Hall–Kier alpha value is -2.46. The van der Waals surface area contributed by atoms with Gasteiger partial charge in [0.25, 0.3) is 5.91 Å². The van der Waals surface area contributed by atoms with Gasteiger partial charge in [-0.2, -0.15) is 5.26 Å². The van der Waals surface area contributed by atoms with E-state index in [0.717, 1.165) is 24.6 Å². The van der Waals surface area contributed by atoms with Gasteiger partial charge in [-0.1, -0.05) is 0 Å². The summed E-state index contributed by atoms with van der Waals surface area (Å²) in [7, 11) is 0. The highest BCUT2D eigenvalue weighted by Crippen LogP contribution is 2.40. The number of thioether (sulfide) groups is 1. The number of benzene rings is 1. The molecule has 0 atom stereocenters. The van der Waals surface area contributed by atoms with Crippen LogP contribution in [0.4, 0.5) is 8.78 Å². The van der Waals surface area contributed by atoms with Crippen LogP contribution in [0.1, 0.15) is 45.9 Å². The van der Waals surface area contributed by atoms with E-state index in [2.05, 4.69) is 16.4 Å². The van der Waals surface area contributed by atoms with Gasteiger partial charge in [-0.25, -0.2) is 13.8 Å². The summed E-state index contributed by atoms with van der Waals surface area (Å²) in [6, 6.07) is 7.03. The van der Waals surface area contributed by atoms with Crippen molar-refractivity contribution in [1.29, 1.82) is 5.26 Å². The molecule has 1 N–H and O–H groups in total. The molecule has 1 aliphatic rings. The Balaban J connectivity index is 1.74. The highest BCUT2D eigenvalue weighted by molar-refractivity contribution is 7.98. The summed E-state index contributed by atoms with van der Waals surface area (Å²) in [5, 5.41) is 12.7. The van der Waals surface area contributed by atoms with Gasteiger partial charge in [0.15, 0.2) is 0 Å². The largest absolute Gasteiger partial charge is 0.352 e. The van der Waals surface area contributed by atoms with E-state index in [4.69, 9.17) is 0 Å². The molecule has 3 rings (SSSR count). The molecule has 4 nitrogen and oxygen atoms in total. The van der Waals surface area contributed by atoms with Crippen molar-refractivity contribution in [3.05, 3.63) is 58.3 Å². The van der Waals surface area contributed by atoms with Crippen molar-refractivity contribution in [2.45, 2.75) is 30.2 Å². The lowest BCUT2D eigenvalue weighted by Crippen LogP contribution is -2.27. The Morgan fingerprint density at radius 1 is 1.31 bits per heavy atom. The molecule has 1 saturated carbocycles. The van der Waals surface area contributed by atoms with Crippen LogP contribution in [0.3, 0.4) is 0 Å². The Morgan fingerprint density at radius 3 is 2.58 bits per heavy atom. The first kappa shape index (κ1) is 18.3. The lowest BCUT2D eigenvalue weighted by atomic mass is 10.1. The number of hydrogen-bond donors (Lipinski definition) is 1. The van der Waals surface area contributed by atoms with Crippen molar-refractivity contribution in [3.8, 4) is 6.07 Å². The fraction of sp³-hybridized carbons (Fsp3) is 0.316. The van der Waals surface area contributed by atoms with Gasteiger partial charge in [-0.05, 0) is 49.3 Å². The Morgan fingerprint density at radius 2 is 2.00 bits per heavy atom. The minimum absolute atomic E-state index is 0.211. The monoisotopic (exact) mass is 373 g/mol. The average Bonchev–Trinajstić information content (AvgIpc) is 3.44. The summed E-state index contributed by atoms with van der Waals surface area (Å²) in [5.41, 5.74) is 1.86. The van der Waals surface area contributed by atoms with E-state index in [-0.39, 0.29) is 24.4 Å². The molecule has 1 fully saturated rings. The minimum atomic E-state index is -0.647. The molecule has 2 aromatic rings. The molecular formula is C19H17F2N3OS. The maximum Gasteiger partial charge on any atom is 0.252 e. The summed E-state index contributed by atoms with van der Waals surface area (Å²) in [4.78, 5) is 17.1. The molecule has 7 heteroatoms. The molecule has 26 heavy (non-hydrogen) atoms. The standard InChI is InChI=1S/C19H17F2N3OS/c1-26-19-16(10-22)15(9-17(24-19)12-2-3-12)18(25)23-5-4-11-6-13(20)8-14(21)7-11/h6-9,12H,2-5H2,1H3,(H,23,25). The predicted octanol–water partition coefficient (Wildman–Crippen LogP) is 3.80. The summed E-state index contributed by atoms with van der Waals surface area (Å²) < 4.78 is 26.4. The molecule has 0 aliphatic heterocycles. The van der Waals surface area contributed by atoms with E-state index >= 15 is 0 Å². The van der Waals surface area contributed by atoms with Crippen molar-refractivity contribution in [2.75, 3.05) is 12.8 Å². The first-order valence-electron chi connectivity index (χ1n) is 8.24. The number of nitrogens with one attached hydrogen (secondary N) is 1. The number of aromatic nitrogens is 1. The second kappa shape index (κ2) is 7.83. The van der Waals surface area contributed by atoms with Crippen LogP contribution in [0, 0.1) is 23.0 Å². The molecule has 0 bridgehead atoms. The smallest absolute Gasteiger partial charge is 0.252 e. The number of nitrogens with zero attached hydrogens (tertiary/aromatic N) is 2. The first-order valence-corrected chi connectivity index (χ1v) is 9.46. The number of rotatable bonds is 6. The molecule has 1 aromatic heterocycles. The van der Waals surface area contributed by atoms with Gasteiger partial charge in [0, 0.05) is 24.2 Å². The number of nitriles is 1. The number of hydrogen-bond acceptors (Lipinski definition) is 4. The second-order valence-electron chi connectivity index (χ2n) is 6.15. The van der Waals surface area contributed by atoms with Gasteiger partial charge in [0.2, 0.25) is 0 Å². The van der Waals surface area contributed by atoms with Crippen molar-refractivity contribution in [3.63, 3.8) is 0 Å². The highest BCUT2D eigenvalue weighted by atomic mass is 32.2. The van der Waals surface area contributed by atoms with E-state index in [1.165, 1.54) is 23.9 Å². The summed E-state index contributed by atoms with van der Waals surface area (Å²) >= 11 is 1.34. The van der Waals surface area contributed by atoms with Crippen LogP contribution in [0.15, 0.2) is 29.3 Å². The van der Waals surface area contributed by atoms with Crippen LogP contribution in [0.5, 0.6) is 0 Å². The summed E-state index contributed by atoms with van der Waals surface area (Å²) in [6.45, 7) is 0.211. The van der Waals surface area contributed by atoms with Gasteiger partial charge in [-0.15, -0.1) is 11.8 Å². The number of halogens is 2. The quantitative estimate of drug-likeness (QED) is 0.782. The lowest BCUT2D eigenvalue weighted by molar-refractivity contribution is 0.0953. The van der Waals surface area contributed by atoms with Crippen LogP contribution < -0.4 is 5.32 Å². The fourth-order valence-corrected chi connectivity index (χ4v) is 3.29. The SMILES string of the molecule is CSc1nc(C2CC2)cc(C(=O)NCCc2cc(F)cc(F)c2)c1C#N. The molecule has 0 radical (unpaired) electrons. The Kier molecular flexibility index (Phi) is 5.52. The molecule has 0 saturated heterocycles. The third-order valence-electron chi connectivity index (χ3n) is 4.17. The van der Waals surface area contributed by atoms with Gasteiger partial charge >= 0.3 is 0 Å². The molecule has 1 amide bonds. The van der Waals surface area contributed by atoms with Crippen LogP contribution in [-0.2, 0) is 6.42 Å². The van der Waals surface area contributed by atoms with E-state index in [9.17, 15) is 18.8 Å². The fourth-order valence-electron chi connectivity index (χ4n) is 2.73. The lowest BCUT2D eigenvalue weighted by Gasteiger charge is -2.11. The maximum atomic E-state index is 13.2. The highest BCUT2D eigenvalue weighted by Gasteiger charge is 2.28. The second-order valence-corrected chi connectivity index (χ2v) is 6.94. The maximum absolute atomic E-state index is 13.2. The van der Waals surface area contributed by atoms with Crippen LogP contribution in [-0.4, -0.2) is 23.7 Å². The molecule has 1 aliphatic carbocycles. The van der Waals surface area contributed by atoms with Gasteiger partial charge in [0.1, 0.15) is 22.7 Å². The van der Waals surface area contributed by atoms with Gasteiger partial charge in [-0.3, -0.25) is 4.79 Å². The van der Waals surface area contributed by atoms with Crippen LogP contribution in [0.25, 0.3) is 0 Å². The zero-order chi connectivity index (χ0) is 18.7. The zero-order valence-electron chi connectivity index (χ0n) is 14.2. The Labute approximate surface area is 154 Å². The zero-order valence-corrected chi connectivity index (χ0v) is 15.0. The van der Waals surface area contributed by atoms with Gasteiger partial charge < -0.3 is 5.32 Å². The van der Waals surface area contributed by atoms with Crippen LogP contribution >= 0.6 is 11.8 Å². The summed E-state index contributed by atoms with van der Waals surface area (Å²) in [5.74, 6) is -1.31. The number of carbonyl (C=O) groups excluding carboxylic acids is 1. The van der Waals surface area contributed by atoms with E-state index < -0.39 is 11.6 Å². The average molecular weight is 373 g/mol. The number of amides is 1. The van der Waals surface area contributed by atoms with Gasteiger partial charge in [0.05, 0.1) is 11.1 Å². The molecule has 1 heterocycles. The van der Waals surface area contributed by atoms with E-state index in [0.29, 0.717) is 22.1 Å².